The first-order valence-electron chi connectivity index (χ1n) is 4.65. The van der Waals surface area contributed by atoms with E-state index in [2.05, 4.69) is 0 Å². The Morgan fingerprint density at radius 2 is 2.07 bits per heavy atom. The monoisotopic (exact) mass is 214 g/mol. The van der Waals surface area contributed by atoms with E-state index >= 15 is 0 Å². The molecule has 0 radical (unpaired) electrons. The number of hydrogen-bond acceptors (Lipinski definition) is 5. The first kappa shape index (κ1) is 11.6. The zero-order valence-electron chi connectivity index (χ0n) is 9.03. The Hall–Kier alpha value is -1.52. The molecule has 15 heavy (non-hydrogen) atoms. The van der Waals surface area contributed by atoms with Crippen molar-refractivity contribution in [2.24, 2.45) is 0 Å². The van der Waals surface area contributed by atoms with Gasteiger partial charge in [0.15, 0.2) is 0 Å². The van der Waals surface area contributed by atoms with E-state index in [0.29, 0.717) is 12.2 Å². The lowest BCUT2D eigenvalue weighted by atomic mass is 10.2. The molecular weight excluding hydrogens is 200 g/mol. The van der Waals surface area contributed by atoms with Crippen LogP contribution in [-0.4, -0.2) is 24.8 Å². The van der Waals surface area contributed by atoms with Crippen molar-refractivity contribution in [3.05, 3.63) is 11.3 Å². The van der Waals surface area contributed by atoms with Crippen molar-refractivity contribution in [2.45, 2.75) is 33.5 Å². The Morgan fingerprint density at radius 3 is 2.60 bits per heavy atom. The summed E-state index contributed by atoms with van der Waals surface area (Å²) < 4.78 is 15.0. The molecule has 0 saturated carbocycles. The Kier molecular flexibility index (Phi) is 3.71. The summed E-state index contributed by atoms with van der Waals surface area (Å²) in [6.07, 6.45) is -0.0519. The topological polar surface area (TPSA) is 61.8 Å². The molecule has 0 saturated heterocycles. The summed E-state index contributed by atoms with van der Waals surface area (Å²) >= 11 is 0. The SMILES string of the molecule is CC(=O)OCC1=C(C)C[C@H](OC(C)=O)O1. The Balaban J connectivity index is 2.43. The van der Waals surface area contributed by atoms with E-state index in [1.54, 1.807) is 0 Å². The van der Waals surface area contributed by atoms with E-state index < -0.39 is 6.29 Å². The van der Waals surface area contributed by atoms with Gasteiger partial charge in [0.2, 0.25) is 6.29 Å². The first-order chi connectivity index (χ1) is 6.99. The molecule has 0 spiro atoms. The molecule has 1 rings (SSSR count). The van der Waals surface area contributed by atoms with E-state index in [-0.39, 0.29) is 18.5 Å². The van der Waals surface area contributed by atoms with Gasteiger partial charge in [-0.2, -0.15) is 0 Å². The Morgan fingerprint density at radius 1 is 1.40 bits per heavy atom. The van der Waals surface area contributed by atoms with Crippen LogP contribution in [-0.2, 0) is 23.8 Å². The summed E-state index contributed by atoms with van der Waals surface area (Å²) in [4.78, 5) is 21.3. The molecule has 0 aromatic carbocycles. The Bertz CT molecular complexity index is 305. The van der Waals surface area contributed by atoms with Gasteiger partial charge in [0, 0.05) is 20.3 Å². The lowest BCUT2D eigenvalue weighted by molar-refractivity contribution is -0.166. The van der Waals surface area contributed by atoms with Crippen molar-refractivity contribution in [2.75, 3.05) is 6.61 Å². The molecule has 0 fully saturated rings. The van der Waals surface area contributed by atoms with E-state index in [9.17, 15) is 9.59 Å². The van der Waals surface area contributed by atoms with E-state index in [1.807, 2.05) is 6.92 Å². The summed E-state index contributed by atoms with van der Waals surface area (Å²) in [6, 6.07) is 0. The van der Waals surface area contributed by atoms with Crippen molar-refractivity contribution in [1.29, 1.82) is 0 Å². The molecule has 0 unspecified atom stereocenters. The maximum atomic E-state index is 10.7. The van der Waals surface area contributed by atoms with Gasteiger partial charge in [0.1, 0.15) is 12.4 Å². The molecule has 1 aliphatic heterocycles. The summed E-state index contributed by atoms with van der Waals surface area (Å²) in [6.45, 7) is 4.60. The van der Waals surface area contributed by atoms with E-state index in [1.165, 1.54) is 13.8 Å². The number of carbonyl (C=O) groups excluding carboxylic acids is 2. The number of carbonyl (C=O) groups is 2. The van der Waals surface area contributed by atoms with Gasteiger partial charge in [-0.1, -0.05) is 0 Å². The number of hydrogen-bond donors (Lipinski definition) is 0. The summed E-state index contributed by atoms with van der Waals surface area (Å²) in [7, 11) is 0. The lowest BCUT2D eigenvalue weighted by Crippen LogP contribution is -2.16. The van der Waals surface area contributed by atoms with Crippen molar-refractivity contribution in [1.82, 2.24) is 0 Å². The fourth-order valence-electron chi connectivity index (χ4n) is 1.24. The minimum absolute atomic E-state index is 0.0962. The van der Waals surface area contributed by atoms with Gasteiger partial charge in [-0.05, 0) is 12.5 Å². The highest BCUT2D eigenvalue weighted by Crippen LogP contribution is 2.25. The Labute approximate surface area is 88.0 Å². The highest BCUT2D eigenvalue weighted by molar-refractivity contribution is 5.66. The molecule has 0 aliphatic carbocycles. The standard InChI is InChI=1S/C10H14O5/c1-6-4-10(14-8(3)12)15-9(6)5-13-7(2)11/h10H,4-5H2,1-3H3/t10-/m1/s1. The predicted molar refractivity (Wildman–Crippen MR) is 50.6 cm³/mol. The highest BCUT2D eigenvalue weighted by Gasteiger charge is 2.25. The fourth-order valence-corrected chi connectivity index (χ4v) is 1.24. The molecule has 0 aromatic heterocycles. The zero-order valence-corrected chi connectivity index (χ0v) is 9.03. The van der Waals surface area contributed by atoms with Crippen LogP contribution in [0.3, 0.4) is 0 Å². The van der Waals surface area contributed by atoms with Crippen molar-refractivity contribution in [3.8, 4) is 0 Å². The maximum Gasteiger partial charge on any atom is 0.305 e. The molecule has 0 N–H and O–H groups in total. The highest BCUT2D eigenvalue weighted by atomic mass is 16.7. The fraction of sp³-hybridized carbons (Fsp3) is 0.600. The third-order valence-electron chi connectivity index (χ3n) is 1.93. The van der Waals surface area contributed by atoms with Crippen LogP contribution in [0.5, 0.6) is 0 Å². The molecule has 0 aromatic rings. The first-order valence-corrected chi connectivity index (χ1v) is 4.65. The number of esters is 2. The quantitative estimate of drug-likeness (QED) is 0.659. The molecule has 0 amide bonds. The predicted octanol–water partition coefficient (Wildman–Crippen LogP) is 1.13. The van der Waals surface area contributed by atoms with Crippen LogP contribution in [0.2, 0.25) is 0 Å². The van der Waals surface area contributed by atoms with Gasteiger partial charge in [-0.25, -0.2) is 0 Å². The van der Waals surface area contributed by atoms with E-state index in [4.69, 9.17) is 14.2 Å². The van der Waals surface area contributed by atoms with Gasteiger partial charge in [0.05, 0.1) is 0 Å². The van der Waals surface area contributed by atoms with Crippen LogP contribution in [0.4, 0.5) is 0 Å². The van der Waals surface area contributed by atoms with Crippen molar-refractivity contribution < 1.29 is 23.8 Å². The van der Waals surface area contributed by atoms with Gasteiger partial charge in [0.25, 0.3) is 0 Å². The van der Waals surface area contributed by atoms with Crippen LogP contribution in [0.25, 0.3) is 0 Å². The van der Waals surface area contributed by atoms with Gasteiger partial charge < -0.3 is 14.2 Å². The zero-order chi connectivity index (χ0) is 11.4. The second-order valence-electron chi connectivity index (χ2n) is 3.34. The van der Waals surface area contributed by atoms with Crippen LogP contribution < -0.4 is 0 Å². The lowest BCUT2D eigenvalue weighted by Gasteiger charge is -2.12. The number of ether oxygens (including phenoxy) is 3. The van der Waals surface area contributed by atoms with Crippen molar-refractivity contribution in [3.63, 3.8) is 0 Å². The third-order valence-corrected chi connectivity index (χ3v) is 1.93. The molecule has 84 valence electrons. The molecule has 1 heterocycles. The second kappa shape index (κ2) is 4.82. The second-order valence-corrected chi connectivity index (χ2v) is 3.34. The van der Waals surface area contributed by atoms with Crippen LogP contribution in [0.1, 0.15) is 27.2 Å². The summed E-state index contributed by atoms with van der Waals surface area (Å²) in [5, 5.41) is 0. The molecule has 1 atom stereocenters. The average Bonchev–Trinajstić information content (AvgIpc) is 2.41. The average molecular weight is 214 g/mol. The normalized spacial score (nSPS) is 19.8. The number of rotatable bonds is 3. The molecule has 1 aliphatic rings. The van der Waals surface area contributed by atoms with Gasteiger partial charge >= 0.3 is 11.9 Å². The minimum atomic E-state index is -0.576. The largest absolute Gasteiger partial charge is 0.458 e. The smallest absolute Gasteiger partial charge is 0.305 e. The third kappa shape index (κ3) is 3.61. The van der Waals surface area contributed by atoms with Crippen LogP contribution in [0, 0.1) is 0 Å². The summed E-state index contributed by atoms with van der Waals surface area (Å²) in [5.41, 5.74) is 0.933. The maximum absolute atomic E-state index is 10.7. The molecule has 0 bridgehead atoms. The van der Waals surface area contributed by atoms with Gasteiger partial charge in [-0.15, -0.1) is 0 Å². The molecular formula is C10H14O5. The van der Waals surface area contributed by atoms with Crippen LogP contribution in [0.15, 0.2) is 11.3 Å². The molecule has 5 nitrogen and oxygen atoms in total. The molecule has 5 heteroatoms. The van der Waals surface area contributed by atoms with Crippen LogP contribution >= 0.6 is 0 Å². The van der Waals surface area contributed by atoms with Gasteiger partial charge in [-0.3, -0.25) is 9.59 Å². The minimum Gasteiger partial charge on any atom is -0.458 e. The summed E-state index contributed by atoms with van der Waals surface area (Å²) in [5.74, 6) is -0.187. The van der Waals surface area contributed by atoms with Crippen molar-refractivity contribution >= 4 is 11.9 Å². The van der Waals surface area contributed by atoms with E-state index in [0.717, 1.165) is 5.57 Å².